The average Bonchev–Trinajstić information content (AvgIpc) is 3.39. The Bertz CT molecular complexity index is 1650. The lowest BCUT2D eigenvalue weighted by molar-refractivity contribution is -0.179. The van der Waals surface area contributed by atoms with Crippen LogP contribution in [0.4, 0.5) is 0 Å². The standard InChI is InChI=1S/C34H34O13/c1-43-21-10-9-19-16-20-8-5-14-33-27(19)29(21)47-30(33)22(13-15-34(20,33)42)44-25(37)11-12-26(38)46-28(18-6-3-2-4-7-18)32(41)45-23(31(39)40)17-24(35)36/h2-4,6-7,9-10,13,20,23,28,30,42H,5,8,11-12,14-17H2,1H3,(H,35,36)(H,39,40)/t20-,23-,28-,30+,33+,34-/m0/s1. The van der Waals surface area contributed by atoms with Gasteiger partial charge in [0.25, 0.3) is 0 Å². The molecule has 0 unspecified atom stereocenters. The number of hydrogen-bond acceptors (Lipinski definition) is 11. The number of aliphatic hydroxyl groups is 1. The number of carbonyl (C=O) groups excluding carboxylic acids is 3. The minimum atomic E-state index is -2.01. The summed E-state index contributed by atoms with van der Waals surface area (Å²) in [6.07, 6.45) is -1.43. The van der Waals surface area contributed by atoms with Crippen LogP contribution in [0.15, 0.2) is 54.3 Å². The molecular weight excluding hydrogens is 616 g/mol. The number of ether oxygens (including phenoxy) is 5. The van der Waals surface area contributed by atoms with Gasteiger partial charge in [-0.05, 0) is 49.3 Å². The van der Waals surface area contributed by atoms with Gasteiger partial charge in [0.1, 0.15) is 5.76 Å². The second kappa shape index (κ2) is 12.4. The number of aliphatic carboxylic acids is 2. The van der Waals surface area contributed by atoms with Crippen molar-refractivity contribution in [2.24, 2.45) is 5.92 Å². The monoisotopic (exact) mass is 650 g/mol. The second-order valence-corrected chi connectivity index (χ2v) is 12.2. The maximum Gasteiger partial charge on any atom is 0.353 e. The summed E-state index contributed by atoms with van der Waals surface area (Å²) in [5, 5.41) is 30.4. The van der Waals surface area contributed by atoms with Crippen molar-refractivity contribution < 1.29 is 63.0 Å². The molecule has 13 nitrogen and oxygen atoms in total. The minimum Gasteiger partial charge on any atom is -0.493 e. The van der Waals surface area contributed by atoms with E-state index in [1.165, 1.54) is 12.1 Å². The Morgan fingerprint density at radius 2 is 1.74 bits per heavy atom. The van der Waals surface area contributed by atoms with E-state index in [1.54, 1.807) is 31.4 Å². The third-order valence-corrected chi connectivity index (χ3v) is 9.69. The summed E-state index contributed by atoms with van der Waals surface area (Å²) in [7, 11) is 1.54. The summed E-state index contributed by atoms with van der Waals surface area (Å²) in [5.41, 5.74) is 0.216. The van der Waals surface area contributed by atoms with Gasteiger partial charge in [-0.15, -0.1) is 0 Å². The highest BCUT2D eigenvalue weighted by Crippen LogP contribution is 2.67. The Labute approximate surface area is 269 Å². The Morgan fingerprint density at radius 3 is 2.45 bits per heavy atom. The van der Waals surface area contributed by atoms with Gasteiger partial charge in [0.2, 0.25) is 12.2 Å². The molecule has 1 saturated carbocycles. The van der Waals surface area contributed by atoms with Crippen LogP contribution in [0.5, 0.6) is 11.5 Å². The van der Waals surface area contributed by atoms with E-state index in [0.29, 0.717) is 24.3 Å². The summed E-state index contributed by atoms with van der Waals surface area (Å²) in [6.45, 7) is 0. The number of carboxylic acids is 2. The molecule has 4 aliphatic rings. The quantitative estimate of drug-likeness (QED) is 0.224. The molecule has 0 amide bonds. The molecule has 1 spiro atoms. The minimum absolute atomic E-state index is 0.0108. The summed E-state index contributed by atoms with van der Waals surface area (Å²) in [6, 6.07) is 11.5. The largest absolute Gasteiger partial charge is 0.493 e. The van der Waals surface area contributed by atoms with Crippen LogP contribution in [-0.2, 0) is 50.0 Å². The van der Waals surface area contributed by atoms with E-state index in [1.807, 2.05) is 12.1 Å². The van der Waals surface area contributed by atoms with Gasteiger partial charge >= 0.3 is 29.8 Å². The van der Waals surface area contributed by atoms with Crippen molar-refractivity contribution in [3.8, 4) is 11.5 Å². The molecule has 2 aromatic carbocycles. The fourth-order valence-corrected chi connectivity index (χ4v) is 7.68. The van der Waals surface area contributed by atoms with Gasteiger partial charge in [0, 0.05) is 11.1 Å². The fourth-order valence-electron chi connectivity index (χ4n) is 7.68. The Hall–Kier alpha value is -4.91. The van der Waals surface area contributed by atoms with Gasteiger partial charge in [-0.1, -0.05) is 42.8 Å². The first-order valence-corrected chi connectivity index (χ1v) is 15.4. The maximum absolute atomic E-state index is 13.1. The number of benzene rings is 2. The van der Waals surface area contributed by atoms with Crippen LogP contribution in [0.1, 0.15) is 67.7 Å². The zero-order valence-electron chi connectivity index (χ0n) is 25.5. The highest BCUT2D eigenvalue weighted by Gasteiger charge is 2.70. The van der Waals surface area contributed by atoms with Gasteiger partial charge in [-0.3, -0.25) is 14.4 Å². The van der Waals surface area contributed by atoms with Crippen LogP contribution in [0.3, 0.4) is 0 Å². The topological polar surface area (TPSA) is 192 Å². The van der Waals surface area contributed by atoms with Crippen molar-refractivity contribution in [3.05, 3.63) is 71.0 Å². The molecule has 0 aromatic heterocycles. The molecule has 1 heterocycles. The number of esters is 3. The molecule has 1 aliphatic heterocycles. The lowest BCUT2D eigenvalue weighted by Gasteiger charge is -2.59. The van der Waals surface area contributed by atoms with Crippen LogP contribution < -0.4 is 9.47 Å². The number of hydrogen-bond donors (Lipinski definition) is 3. The predicted molar refractivity (Wildman–Crippen MR) is 158 cm³/mol. The van der Waals surface area contributed by atoms with Gasteiger partial charge in [-0.2, -0.15) is 0 Å². The van der Waals surface area contributed by atoms with E-state index < -0.39 is 78.4 Å². The molecule has 3 aliphatic carbocycles. The van der Waals surface area contributed by atoms with Gasteiger partial charge < -0.3 is 39.0 Å². The smallest absolute Gasteiger partial charge is 0.353 e. The normalized spacial score (nSPS) is 26.0. The first kappa shape index (κ1) is 32.0. The van der Waals surface area contributed by atoms with E-state index in [2.05, 4.69) is 0 Å². The summed E-state index contributed by atoms with van der Waals surface area (Å²) < 4.78 is 28.0. The zero-order valence-corrected chi connectivity index (χ0v) is 25.5. The number of methoxy groups -OCH3 is 1. The van der Waals surface area contributed by atoms with Crippen LogP contribution in [0.25, 0.3) is 0 Å². The van der Waals surface area contributed by atoms with Crippen LogP contribution in [0.2, 0.25) is 0 Å². The second-order valence-electron chi connectivity index (χ2n) is 12.2. The van der Waals surface area contributed by atoms with Crippen LogP contribution in [0, 0.1) is 5.92 Å². The summed E-state index contributed by atoms with van der Waals surface area (Å²) in [5.74, 6) is -4.91. The Balaban J connectivity index is 1.15. The van der Waals surface area contributed by atoms with E-state index in [-0.39, 0.29) is 23.7 Å². The van der Waals surface area contributed by atoms with Crippen LogP contribution >= 0.6 is 0 Å². The Kier molecular flexibility index (Phi) is 8.43. The lowest BCUT2D eigenvalue weighted by atomic mass is 9.47. The van der Waals surface area contributed by atoms with E-state index >= 15 is 0 Å². The van der Waals surface area contributed by atoms with E-state index in [4.69, 9.17) is 28.8 Å². The fraction of sp³-hybridized carbons (Fsp3) is 0.441. The highest BCUT2D eigenvalue weighted by atomic mass is 16.6. The van der Waals surface area contributed by atoms with Crippen LogP contribution in [-0.4, -0.2) is 70.1 Å². The van der Waals surface area contributed by atoms with E-state index in [0.717, 1.165) is 24.0 Å². The third-order valence-electron chi connectivity index (χ3n) is 9.69. The molecule has 13 heteroatoms. The molecular formula is C34H34O13. The molecule has 248 valence electrons. The summed E-state index contributed by atoms with van der Waals surface area (Å²) >= 11 is 0. The molecule has 2 bridgehead atoms. The predicted octanol–water partition coefficient (Wildman–Crippen LogP) is 3.15. The highest BCUT2D eigenvalue weighted by molar-refractivity contribution is 5.86. The van der Waals surface area contributed by atoms with Gasteiger partial charge in [-0.25, -0.2) is 9.59 Å². The number of carboxylic acid groups (broad SMARTS) is 2. The average molecular weight is 651 g/mol. The zero-order chi connectivity index (χ0) is 33.5. The van der Waals surface area contributed by atoms with Crippen molar-refractivity contribution >= 4 is 29.8 Å². The molecule has 1 fully saturated rings. The van der Waals surface area contributed by atoms with Crippen molar-refractivity contribution in [3.63, 3.8) is 0 Å². The van der Waals surface area contributed by atoms with Gasteiger partial charge in [0.05, 0.1) is 37.4 Å². The summed E-state index contributed by atoms with van der Waals surface area (Å²) in [4.78, 5) is 61.3. The van der Waals surface area contributed by atoms with Gasteiger partial charge in [0.15, 0.2) is 17.6 Å². The van der Waals surface area contributed by atoms with Crippen molar-refractivity contribution in [2.45, 2.75) is 80.7 Å². The molecule has 2 aromatic rings. The first-order valence-electron chi connectivity index (χ1n) is 15.4. The Morgan fingerprint density at radius 1 is 1.00 bits per heavy atom. The van der Waals surface area contributed by atoms with Crippen molar-refractivity contribution in [1.29, 1.82) is 0 Å². The molecule has 6 atom stereocenters. The molecule has 47 heavy (non-hydrogen) atoms. The van der Waals surface area contributed by atoms with Crippen molar-refractivity contribution in [1.82, 2.24) is 0 Å². The first-order chi connectivity index (χ1) is 22.5. The molecule has 3 N–H and O–H groups in total. The number of carbonyl (C=O) groups is 5. The molecule has 6 rings (SSSR count). The molecule has 0 saturated heterocycles. The lowest BCUT2D eigenvalue weighted by Crippen LogP contribution is -2.67. The third kappa shape index (κ3) is 5.47. The maximum atomic E-state index is 13.1. The van der Waals surface area contributed by atoms with Crippen molar-refractivity contribution in [2.75, 3.05) is 7.11 Å². The molecule has 0 radical (unpaired) electrons. The number of rotatable bonds is 12. The van der Waals surface area contributed by atoms with E-state index in [9.17, 15) is 34.2 Å². The SMILES string of the molecule is COc1ccc2c3c1O[C@@H]1C(OC(=O)CCC(=O)O[C@H](C(=O)O[C@@H](CC(=O)O)C(=O)O)c4ccccc4)=CC[C@]4(O)[C@@H](CCC[C@@]314)C2.